The van der Waals surface area contributed by atoms with E-state index in [0.717, 1.165) is 23.5 Å². The maximum absolute atomic E-state index is 12.1. The number of hydrogen-bond acceptors (Lipinski definition) is 5. The molecule has 124 valence electrons. The van der Waals surface area contributed by atoms with Crippen LogP contribution in [0.5, 0.6) is 0 Å². The molecule has 0 aromatic carbocycles. The number of carbonyl (C=O) groups excluding carboxylic acids is 1. The number of hydrogen-bond donors (Lipinski definition) is 1. The topological polar surface area (TPSA) is 56.7 Å². The van der Waals surface area contributed by atoms with Crippen molar-refractivity contribution >= 4 is 17.2 Å². The van der Waals surface area contributed by atoms with Crippen molar-refractivity contribution in [3.05, 3.63) is 16.1 Å². The highest BCUT2D eigenvalue weighted by molar-refractivity contribution is 7.09. The first-order valence-electron chi connectivity index (χ1n) is 8.10. The average molecular weight is 333 g/mol. The van der Waals surface area contributed by atoms with Gasteiger partial charge >= 0.3 is 0 Å². The molecule has 0 atom stereocenters. The average Bonchev–Trinajstić information content (AvgIpc) is 3.27. The van der Waals surface area contributed by atoms with Crippen LogP contribution in [-0.2, 0) is 16.9 Å². The molecule has 6 heteroatoms. The molecule has 1 amide bonds. The Morgan fingerprint density at radius 3 is 2.87 bits per heavy atom. The summed E-state index contributed by atoms with van der Waals surface area (Å²) in [6.07, 6.45) is 8.49. The van der Waals surface area contributed by atoms with E-state index < -0.39 is 5.60 Å². The number of thiazole rings is 1. The number of carbonyl (C=O) groups is 1. The SMILES string of the molecule is C#CCN(C)Cc1nc(C2(O)CCN(C(=O)C3CC3)CC2)cs1. The lowest BCUT2D eigenvalue weighted by molar-refractivity contribution is -0.137. The predicted octanol–water partition coefficient (Wildman–Crippen LogP) is 1.43. The molecule has 1 saturated heterocycles. The molecule has 1 saturated carbocycles. The highest BCUT2D eigenvalue weighted by Crippen LogP contribution is 2.36. The molecular weight excluding hydrogens is 310 g/mol. The van der Waals surface area contributed by atoms with Gasteiger partial charge in [0, 0.05) is 24.4 Å². The van der Waals surface area contributed by atoms with Crippen LogP contribution < -0.4 is 0 Å². The zero-order valence-electron chi connectivity index (χ0n) is 13.5. The molecule has 3 rings (SSSR count). The van der Waals surface area contributed by atoms with Crippen molar-refractivity contribution in [2.24, 2.45) is 5.92 Å². The van der Waals surface area contributed by atoms with E-state index >= 15 is 0 Å². The molecule has 1 N–H and O–H groups in total. The maximum atomic E-state index is 12.1. The molecular formula is C17H23N3O2S. The van der Waals surface area contributed by atoms with Crippen LogP contribution in [0, 0.1) is 18.3 Å². The second-order valence-electron chi connectivity index (χ2n) is 6.63. The fourth-order valence-electron chi connectivity index (χ4n) is 2.98. The maximum Gasteiger partial charge on any atom is 0.225 e. The van der Waals surface area contributed by atoms with Crippen molar-refractivity contribution < 1.29 is 9.90 Å². The third kappa shape index (κ3) is 3.74. The normalized spacial score (nSPS) is 20.5. The van der Waals surface area contributed by atoms with Crippen LogP contribution in [0.25, 0.3) is 0 Å². The number of aliphatic hydroxyl groups is 1. The Labute approximate surface area is 141 Å². The summed E-state index contributed by atoms with van der Waals surface area (Å²) >= 11 is 1.56. The van der Waals surface area contributed by atoms with Crippen molar-refractivity contribution in [2.45, 2.75) is 37.8 Å². The molecule has 2 fully saturated rings. The number of aromatic nitrogens is 1. The van der Waals surface area contributed by atoms with E-state index in [1.54, 1.807) is 11.3 Å². The third-order valence-electron chi connectivity index (χ3n) is 4.62. The van der Waals surface area contributed by atoms with Gasteiger partial charge in [-0.25, -0.2) is 4.98 Å². The number of nitrogens with zero attached hydrogens (tertiary/aromatic N) is 3. The quantitative estimate of drug-likeness (QED) is 0.828. The Balaban J connectivity index is 1.59. The van der Waals surface area contributed by atoms with E-state index in [4.69, 9.17) is 6.42 Å². The standard InChI is InChI=1S/C17H23N3O2S/c1-3-8-19(2)11-15-18-14(12-23-15)17(22)6-9-20(10-7-17)16(21)13-4-5-13/h1,12-13,22H,4-11H2,2H3. The van der Waals surface area contributed by atoms with Crippen LogP contribution in [0.15, 0.2) is 5.38 Å². The number of terminal acetylenes is 1. The summed E-state index contributed by atoms with van der Waals surface area (Å²) in [5.74, 6) is 3.13. The lowest BCUT2D eigenvalue weighted by Gasteiger charge is -2.37. The van der Waals surface area contributed by atoms with Gasteiger partial charge in [-0.15, -0.1) is 17.8 Å². The minimum atomic E-state index is -0.903. The van der Waals surface area contributed by atoms with E-state index in [9.17, 15) is 9.90 Å². The van der Waals surface area contributed by atoms with Gasteiger partial charge in [0.25, 0.3) is 0 Å². The molecule has 2 aliphatic rings. The summed E-state index contributed by atoms with van der Waals surface area (Å²) in [5.41, 5.74) is -0.162. The van der Waals surface area contributed by atoms with Gasteiger partial charge in [-0.2, -0.15) is 0 Å². The van der Waals surface area contributed by atoms with Crippen LogP contribution in [0.3, 0.4) is 0 Å². The van der Waals surface area contributed by atoms with Gasteiger partial charge in [-0.3, -0.25) is 9.69 Å². The van der Waals surface area contributed by atoms with Gasteiger partial charge in [-0.1, -0.05) is 5.92 Å². The summed E-state index contributed by atoms with van der Waals surface area (Å²) < 4.78 is 0. The van der Waals surface area contributed by atoms with E-state index in [1.807, 2.05) is 22.2 Å². The van der Waals surface area contributed by atoms with Crippen molar-refractivity contribution in [2.75, 3.05) is 26.7 Å². The van der Waals surface area contributed by atoms with Crippen molar-refractivity contribution in [3.8, 4) is 12.3 Å². The first kappa shape index (κ1) is 16.4. The highest BCUT2D eigenvalue weighted by Gasteiger charge is 2.40. The minimum Gasteiger partial charge on any atom is -0.383 e. The molecule has 1 aromatic heterocycles. The van der Waals surface area contributed by atoms with E-state index in [-0.39, 0.29) is 11.8 Å². The minimum absolute atomic E-state index is 0.249. The summed E-state index contributed by atoms with van der Waals surface area (Å²) in [6.45, 7) is 2.51. The Morgan fingerprint density at radius 2 is 2.26 bits per heavy atom. The molecule has 1 aliphatic heterocycles. The molecule has 5 nitrogen and oxygen atoms in total. The molecule has 0 bridgehead atoms. The Morgan fingerprint density at radius 1 is 1.57 bits per heavy atom. The third-order valence-corrected chi connectivity index (χ3v) is 5.46. The number of rotatable bonds is 5. The van der Waals surface area contributed by atoms with Crippen LogP contribution in [0.4, 0.5) is 0 Å². The molecule has 1 aliphatic carbocycles. The number of amides is 1. The van der Waals surface area contributed by atoms with Gasteiger partial charge in [-0.05, 0) is 32.7 Å². The molecule has 0 radical (unpaired) electrons. The second kappa shape index (κ2) is 6.60. The lowest BCUT2D eigenvalue weighted by Crippen LogP contribution is -2.45. The molecule has 2 heterocycles. The van der Waals surface area contributed by atoms with E-state index in [2.05, 4.69) is 10.9 Å². The van der Waals surface area contributed by atoms with Gasteiger partial charge in [0.15, 0.2) is 0 Å². The zero-order chi connectivity index (χ0) is 16.4. The fraction of sp³-hybridized carbons (Fsp3) is 0.647. The van der Waals surface area contributed by atoms with Crippen LogP contribution >= 0.6 is 11.3 Å². The summed E-state index contributed by atoms with van der Waals surface area (Å²) in [6, 6.07) is 0. The smallest absolute Gasteiger partial charge is 0.225 e. The summed E-state index contributed by atoms with van der Waals surface area (Å²) in [4.78, 5) is 20.6. The fourth-order valence-corrected chi connectivity index (χ4v) is 3.95. The van der Waals surface area contributed by atoms with Crippen molar-refractivity contribution in [1.29, 1.82) is 0 Å². The van der Waals surface area contributed by atoms with Gasteiger partial charge in [0.05, 0.1) is 18.8 Å². The predicted molar refractivity (Wildman–Crippen MR) is 89.7 cm³/mol. The van der Waals surface area contributed by atoms with Crippen molar-refractivity contribution in [1.82, 2.24) is 14.8 Å². The lowest BCUT2D eigenvalue weighted by atomic mass is 9.88. The molecule has 23 heavy (non-hydrogen) atoms. The first-order valence-corrected chi connectivity index (χ1v) is 8.98. The highest BCUT2D eigenvalue weighted by atomic mass is 32.1. The van der Waals surface area contributed by atoms with E-state index in [0.29, 0.717) is 39.0 Å². The monoisotopic (exact) mass is 333 g/mol. The van der Waals surface area contributed by atoms with Crippen LogP contribution in [0.1, 0.15) is 36.4 Å². The summed E-state index contributed by atoms with van der Waals surface area (Å²) in [5, 5.41) is 13.8. The molecule has 0 unspecified atom stereocenters. The molecule has 0 spiro atoms. The zero-order valence-corrected chi connectivity index (χ0v) is 14.3. The van der Waals surface area contributed by atoms with Gasteiger partial charge in [0.2, 0.25) is 5.91 Å². The summed E-state index contributed by atoms with van der Waals surface area (Å²) in [7, 11) is 1.96. The van der Waals surface area contributed by atoms with E-state index in [1.165, 1.54) is 0 Å². The molecule has 1 aromatic rings. The Hall–Kier alpha value is -1.42. The Bertz CT molecular complexity index is 610. The van der Waals surface area contributed by atoms with Crippen molar-refractivity contribution in [3.63, 3.8) is 0 Å². The van der Waals surface area contributed by atoms with Gasteiger partial charge < -0.3 is 10.0 Å². The second-order valence-corrected chi connectivity index (χ2v) is 7.58. The first-order chi connectivity index (χ1) is 11.0. The van der Waals surface area contributed by atoms with Crippen LogP contribution in [-0.4, -0.2) is 52.5 Å². The largest absolute Gasteiger partial charge is 0.383 e. The van der Waals surface area contributed by atoms with Crippen LogP contribution in [0.2, 0.25) is 0 Å². The number of piperidine rings is 1. The number of likely N-dealkylation sites (tertiary alicyclic amines) is 1. The van der Waals surface area contributed by atoms with Gasteiger partial charge in [0.1, 0.15) is 10.6 Å². The Kier molecular flexibility index (Phi) is 4.72.